The second-order valence-corrected chi connectivity index (χ2v) is 24.3. The maximum Gasteiger partial charge on any atom is 0.416 e. The number of rotatable bonds is 2. The lowest BCUT2D eigenvalue weighted by atomic mass is 9.30. The second kappa shape index (κ2) is 17.8. The number of fused-ring (bicyclic) bond motifs is 16. The van der Waals surface area contributed by atoms with E-state index in [1.54, 1.807) is 88.7 Å². The van der Waals surface area contributed by atoms with Gasteiger partial charge in [0, 0.05) is 75.4 Å². The first-order valence-corrected chi connectivity index (χ1v) is 28.7. The lowest BCUT2D eigenvalue weighted by molar-refractivity contribution is -0.138. The van der Waals surface area contributed by atoms with E-state index in [0.29, 0.717) is 41.3 Å². The zero-order valence-corrected chi connectivity index (χ0v) is 45.9. The smallest absolute Gasteiger partial charge is 0.416 e. The molecule has 0 unspecified atom stereocenters. The van der Waals surface area contributed by atoms with Gasteiger partial charge in [0.25, 0.3) is 20.1 Å². The monoisotopic (exact) mass is 1260 g/mol. The number of benzene rings is 9. The van der Waals surface area contributed by atoms with Crippen molar-refractivity contribution >= 4 is 145 Å². The van der Waals surface area contributed by atoms with Crippen LogP contribution < -0.4 is 76.5 Å². The Morgan fingerprint density at radius 3 is 1.13 bits per heavy atom. The van der Waals surface area contributed by atoms with Crippen LogP contribution in [0.1, 0.15) is 27.8 Å². The molecule has 8 heterocycles. The summed E-state index contributed by atoms with van der Waals surface area (Å²) in [6.07, 6.45) is -24.7. The Morgan fingerprint density at radius 2 is 0.674 bits per heavy atom. The molecule has 6 nitrogen and oxygen atoms in total. The Morgan fingerprint density at radius 1 is 0.303 bits per heavy atom. The van der Waals surface area contributed by atoms with Gasteiger partial charge in [-0.15, -0.1) is 22.7 Å². The van der Waals surface area contributed by atoms with Crippen LogP contribution in [0, 0.1) is 0 Å². The van der Waals surface area contributed by atoms with Gasteiger partial charge in [-0.3, -0.25) is 0 Å². The van der Waals surface area contributed by atoms with Crippen LogP contribution in [0.3, 0.4) is 0 Å². The first-order valence-electron chi connectivity index (χ1n) is 27.0. The first kappa shape index (κ1) is 54.0. The van der Waals surface area contributed by atoms with E-state index in [2.05, 4.69) is 0 Å². The predicted molar refractivity (Wildman–Crippen MR) is 312 cm³/mol. The molecule has 2 aromatic heterocycles. The van der Waals surface area contributed by atoms with Crippen LogP contribution >= 0.6 is 22.7 Å². The minimum atomic E-state index is -5.01. The molecule has 438 valence electrons. The molecule has 0 saturated carbocycles. The average molecular weight is 1260 g/mol. The van der Waals surface area contributed by atoms with Crippen LogP contribution in [-0.4, -0.2) is 20.1 Å². The molecule has 0 bridgehead atoms. The minimum Gasteiger partial charge on any atom is -0.458 e. The van der Waals surface area contributed by atoms with Gasteiger partial charge >= 0.3 is 30.9 Å². The molecule has 0 aliphatic carbocycles. The van der Waals surface area contributed by atoms with Crippen molar-refractivity contribution in [1.29, 1.82) is 0 Å². The highest BCUT2D eigenvalue weighted by atomic mass is 32.1. The Bertz CT molecular complexity index is 4970. The van der Waals surface area contributed by atoms with E-state index in [1.165, 1.54) is 18.2 Å². The van der Waals surface area contributed by atoms with Gasteiger partial charge < -0.3 is 28.7 Å². The molecule has 11 aromatic rings. The number of thiophene rings is 2. The molecule has 26 heteroatoms. The van der Waals surface area contributed by atoms with Crippen molar-refractivity contribution in [2.24, 2.45) is 0 Å². The number of nitrogens with zero attached hydrogens (tertiary/aromatic N) is 2. The van der Waals surface area contributed by atoms with Gasteiger partial charge in [0.1, 0.15) is 46.0 Å². The van der Waals surface area contributed by atoms with E-state index in [1.807, 2.05) is 0 Å². The summed E-state index contributed by atoms with van der Waals surface area (Å²) in [5.74, 6) is -1.74. The number of anilines is 6. The largest absolute Gasteiger partial charge is 0.458 e. The highest BCUT2D eigenvalue weighted by Gasteiger charge is 2.52. The number of para-hydroxylation sites is 2. The summed E-state index contributed by atoms with van der Waals surface area (Å²) in [6.45, 7) is -3.35. The summed E-state index contributed by atoms with van der Waals surface area (Å²) in [6, 6.07) is 34.1. The van der Waals surface area contributed by atoms with Crippen molar-refractivity contribution in [2.75, 3.05) is 9.80 Å². The van der Waals surface area contributed by atoms with Gasteiger partial charge in [-0.25, -0.2) is 0 Å². The molecule has 0 spiro atoms. The van der Waals surface area contributed by atoms with Crippen molar-refractivity contribution in [3.63, 3.8) is 0 Å². The van der Waals surface area contributed by atoms with Gasteiger partial charge in [0.2, 0.25) is 0 Å². The summed E-state index contributed by atoms with van der Waals surface area (Å²) in [5.41, 5.74) is -2.70. The third kappa shape index (κ3) is 7.89. The van der Waals surface area contributed by atoms with Crippen molar-refractivity contribution in [3.05, 3.63) is 186 Å². The molecule has 0 amide bonds. The molecule has 17 rings (SSSR count). The van der Waals surface area contributed by atoms with Crippen molar-refractivity contribution < 1.29 is 84.8 Å². The average Bonchev–Trinajstić information content (AvgIpc) is 1.44. The number of alkyl halides is 15. The fourth-order valence-corrected chi connectivity index (χ4v) is 15.9. The Labute approximate surface area is 499 Å². The Kier molecular flexibility index (Phi) is 10.8. The summed E-state index contributed by atoms with van der Waals surface area (Å²) in [4.78, 5) is 3.16. The molecule has 0 fully saturated rings. The third-order valence-corrected chi connectivity index (χ3v) is 19.6. The molecule has 0 saturated heterocycles. The zero-order valence-electron chi connectivity index (χ0n) is 44.3. The predicted octanol–water partition coefficient (Wildman–Crippen LogP) is 14.7. The van der Waals surface area contributed by atoms with Gasteiger partial charge in [0.15, 0.2) is 0 Å². The van der Waals surface area contributed by atoms with Crippen LogP contribution in [-0.2, 0) is 30.9 Å². The molecule has 0 N–H and O–H groups in total. The molecule has 89 heavy (non-hydrogen) atoms. The van der Waals surface area contributed by atoms with Gasteiger partial charge in [-0.05, 0) is 136 Å². The van der Waals surface area contributed by atoms with Crippen LogP contribution in [0.25, 0.3) is 20.2 Å². The molecule has 0 radical (unpaired) electrons. The van der Waals surface area contributed by atoms with Crippen molar-refractivity contribution in [1.82, 2.24) is 0 Å². The Hall–Kier alpha value is -9.16. The van der Waals surface area contributed by atoms with E-state index < -0.39 is 78.8 Å². The van der Waals surface area contributed by atoms with E-state index in [9.17, 15) is 39.5 Å². The SMILES string of the molecule is FC(F)(F)c1cc2c3c(c1)Oc1c(sc4ccc(C(F)(F)F)cc14)B3c1cc3c(cc1O2)Oc1cc(C(F)(F)F)cc2c1B3c1cc3c(cc1N2c1ccccc1)N(c1ccccc1)c1cc(C(F)(F)F)cc2c1B3c1sc3ccc(C(F)(F)F)cc3c1O2. The molecule has 6 aliphatic heterocycles. The second-order valence-electron chi connectivity index (χ2n) is 22.1. The number of halogens is 15. The van der Waals surface area contributed by atoms with Gasteiger partial charge in [-0.2, -0.15) is 65.9 Å². The van der Waals surface area contributed by atoms with Crippen molar-refractivity contribution in [2.45, 2.75) is 30.9 Å². The summed E-state index contributed by atoms with van der Waals surface area (Å²) >= 11 is 2.11. The normalized spacial score (nSPS) is 14.9. The number of ether oxygens (including phenoxy) is 4. The Balaban J connectivity index is 0.968. The van der Waals surface area contributed by atoms with E-state index >= 15 is 26.3 Å². The van der Waals surface area contributed by atoms with Gasteiger partial charge in [0.05, 0.1) is 27.8 Å². The third-order valence-electron chi connectivity index (χ3n) is 17.1. The molecule has 0 atom stereocenters. The van der Waals surface area contributed by atoms with Crippen LogP contribution in [0.4, 0.5) is 100.0 Å². The number of hydrogen-bond donors (Lipinski definition) is 0. The summed E-state index contributed by atoms with van der Waals surface area (Å²) in [5, 5.41) is -0.0615. The summed E-state index contributed by atoms with van der Waals surface area (Å²) in [7, 11) is 0. The van der Waals surface area contributed by atoms with Gasteiger partial charge in [-0.1, -0.05) is 48.5 Å². The first-order chi connectivity index (χ1) is 42.2. The van der Waals surface area contributed by atoms with E-state index in [-0.39, 0.29) is 107 Å². The maximum absolute atomic E-state index is 15.5. The lowest BCUT2D eigenvalue weighted by Gasteiger charge is -2.44. The fourth-order valence-electron chi connectivity index (χ4n) is 13.5. The highest BCUT2D eigenvalue weighted by molar-refractivity contribution is 7.34. The minimum absolute atomic E-state index is 0.0154. The quantitative estimate of drug-likeness (QED) is 0.127. The lowest BCUT2D eigenvalue weighted by Crippen LogP contribution is -2.64. The zero-order chi connectivity index (χ0) is 61.5. The van der Waals surface area contributed by atoms with E-state index in [4.69, 9.17) is 18.9 Å². The summed E-state index contributed by atoms with van der Waals surface area (Å²) < 4.78 is 250. The topological polar surface area (TPSA) is 43.4 Å². The fraction of sp³-hybridized carbons (Fsp3) is 0.0794. The van der Waals surface area contributed by atoms with Crippen LogP contribution in [0.5, 0.6) is 46.0 Å². The molecular formula is C63H26B3F15N2O4S2. The van der Waals surface area contributed by atoms with Crippen LogP contribution in [0.2, 0.25) is 0 Å². The molecular weight excluding hydrogens is 1230 g/mol. The molecule has 6 aliphatic rings. The highest BCUT2D eigenvalue weighted by Crippen LogP contribution is 2.52. The van der Waals surface area contributed by atoms with Crippen LogP contribution in [0.15, 0.2) is 158 Å². The van der Waals surface area contributed by atoms with Crippen molar-refractivity contribution in [3.8, 4) is 46.0 Å². The standard InChI is InChI=1S/C63H26B3F15N2O4S2/c67-59(68,69)27-11-13-50-34(15-27)55-57(88-50)65-37-23-36-40(25-41(37)83(33-9-5-2-6-10-33)43-18-30(62(76,77)78)20-47(86-55)53(43)65)82(32-7-3-1-4-8-32)42-17-29(61(73,74)75)19-46-52(42)64(36)38-24-39-45(26-44(38)84-46)85-48-21-31(63(79,80)81)22-49-54(48)66(39)58-56(87-49)35-16-28(60(70,71)72)12-14-51(35)89-58/h1-26H. The molecule has 9 aromatic carbocycles. The number of hydrogen-bond acceptors (Lipinski definition) is 8. The maximum atomic E-state index is 15.5. The van der Waals surface area contributed by atoms with E-state index in [0.717, 1.165) is 83.3 Å².